The molecule has 3 heterocycles. The standard InChI is InChI=1S/C32H36N4O4/c1-35(2)22-7-5-19-14-24(33-16-21(19)13-22)30(38)34-23-9-10-32(39)26-15-20-6-8-25(37)28-27(20)31(32,29(23)40-28)11-12-36(26)17-18-3-4-18/h5-8,13-14,16,18,23,26,29,37,39H,3-4,9-12,15,17H2,1-2H3,(H,34,38)/t23-,26+,29?,31-,32+/m0/s1. The fourth-order valence-electron chi connectivity index (χ4n) is 8.40. The van der Waals surface area contributed by atoms with Crippen LogP contribution < -0.4 is 15.0 Å². The van der Waals surface area contributed by atoms with Gasteiger partial charge in [-0.15, -0.1) is 0 Å². The Bertz CT molecular complexity index is 1550. The number of nitrogens with one attached hydrogen (secondary N) is 1. The van der Waals surface area contributed by atoms with E-state index in [-0.39, 0.29) is 23.7 Å². The quantitative estimate of drug-likeness (QED) is 0.457. The van der Waals surface area contributed by atoms with E-state index in [1.54, 1.807) is 12.3 Å². The van der Waals surface area contributed by atoms with Crippen LogP contribution in [0.1, 0.15) is 53.7 Å². The SMILES string of the molecule is CN(C)c1ccc2cc(C(=O)N[C@H]3CC[C@@]4(O)[C@H]5Cc6ccc(O)c7c6[C@@]4(CCN5CC4CC4)C3O7)ncc2c1. The number of phenols is 1. The summed E-state index contributed by atoms with van der Waals surface area (Å²) < 4.78 is 6.59. The maximum absolute atomic E-state index is 13.6. The molecule has 2 aliphatic heterocycles. The number of ether oxygens (including phenoxy) is 1. The second-order valence-electron chi connectivity index (χ2n) is 12.9. The van der Waals surface area contributed by atoms with Crippen molar-refractivity contribution in [2.24, 2.45) is 5.92 Å². The van der Waals surface area contributed by atoms with Gasteiger partial charge in [-0.3, -0.25) is 14.7 Å². The summed E-state index contributed by atoms with van der Waals surface area (Å²) in [5.41, 5.74) is 1.95. The van der Waals surface area contributed by atoms with E-state index in [0.717, 1.165) is 59.4 Å². The van der Waals surface area contributed by atoms with E-state index in [1.165, 1.54) is 12.8 Å². The number of fused-ring (bicyclic) bond motifs is 1. The highest BCUT2D eigenvalue weighted by atomic mass is 16.5. The average Bonchev–Trinajstić information content (AvgIpc) is 3.69. The van der Waals surface area contributed by atoms with Gasteiger partial charge in [0.1, 0.15) is 11.8 Å². The van der Waals surface area contributed by atoms with Crippen LogP contribution in [0.3, 0.4) is 0 Å². The Labute approximate surface area is 233 Å². The average molecular weight is 541 g/mol. The molecule has 1 unspecified atom stereocenters. The zero-order valence-corrected chi connectivity index (χ0v) is 23.1. The number of anilines is 1. The summed E-state index contributed by atoms with van der Waals surface area (Å²) in [5.74, 6) is 1.11. The molecule has 0 radical (unpaired) electrons. The molecule has 3 fully saturated rings. The van der Waals surface area contributed by atoms with Crippen LogP contribution in [0, 0.1) is 5.92 Å². The van der Waals surface area contributed by atoms with E-state index < -0.39 is 17.1 Å². The third-order valence-corrected chi connectivity index (χ3v) is 10.5. The Kier molecular flexibility index (Phi) is 5.09. The minimum absolute atomic E-state index is 0.0156. The molecular formula is C32H36N4O4. The van der Waals surface area contributed by atoms with Crippen LogP contribution in [0.5, 0.6) is 11.5 Å². The topological polar surface area (TPSA) is 98.2 Å². The molecule has 8 rings (SSSR count). The van der Waals surface area contributed by atoms with Crippen molar-refractivity contribution in [2.75, 3.05) is 32.1 Å². The number of likely N-dealkylation sites (tertiary alicyclic amines) is 1. The van der Waals surface area contributed by atoms with Gasteiger partial charge in [-0.1, -0.05) is 12.1 Å². The molecule has 2 aromatic carbocycles. The Morgan fingerprint density at radius 1 is 1.15 bits per heavy atom. The van der Waals surface area contributed by atoms with E-state index in [1.807, 2.05) is 43.3 Å². The summed E-state index contributed by atoms with van der Waals surface area (Å²) in [4.78, 5) is 22.7. The number of pyridine rings is 1. The number of hydrogen-bond acceptors (Lipinski definition) is 7. The third-order valence-electron chi connectivity index (χ3n) is 10.5. The van der Waals surface area contributed by atoms with Crippen molar-refractivity contribution < 1.29 is 19.7 Å². The highest BCUT2D eigenvalue weighted by Gasteiger charge is 2.73. The summed E-state index contributed by atoms with van der Waals surface area (Å²) in [5, 5.41) is 28.7. The number of aromatic nitrogens is 1. The van der Waals surface area contributed by atoms with Crippen LogP contribution in [0.2, 0.25) is 0 Å². The van der Waals surface area contributed by atoms with Gasteiger partial charge >= 0.3 is 0 Å². The van der Waals surface area contributed by atoms with E-state index in [0.29, 0.717) is 24.3 Å². The molecule has 3 aromatic rings. The highest BCUT2D eigenvalue weighted by molar-refractivity contribution is 5.97. The van der Waals surface area contributed by atoms with Gasteiger partial charge in [-0.05, 0) is 86.2 Å². The largest absolute Gasteiger partial charge is 0.504 e. The van der Waals surface area contributed by atoms with Crippen molar-refractivity contribution >= 4 is 22.4 Å². The number of nitrogens with zero attached hydrogens (tertiary/aromatic N) is 3. The second kappa shape index (κ2) is 8.33. The lowest BCUT2D eigenvalue weighted by Gasteiger charge is -2.64. The number of aliphatic hydroxyl groups is 1. The molecule has 208 valence electrons. The fourth-order valence-corrected chi connectivity index (χ4v) is 8.40. The van der Waals surface area contributed by atoms with E-state index in [2.05, 4.69) is 21.3 Å². The first kappa shape index (κ1) is 24.4. The van der Waals surface area contributed by atoms with Gasteiger partial charge < -0.3 is 25.2 Å². The molecule has 8 heteroatoms. The molecule has 1 amide bonds. The molecular weight excluding hydrogens is 504 g/mol. The van der Waals surface area contributed by atoms with Crippen molar-refractivity contribution in [2.45, 2.75) is 67.7 Å². The molecule has 2 saturated carbocycles. The van der Waals surface area contributed by atoms with Crippen molar-refractivity contribution in [3.63, 3.8) is 0 Å². The molecule has 1 aromatic heterocycles. The minimum atomic E-state index is -0.969. The molecule has 3 N–H and O–H groups in total. The molecule has 8 nitrogen and oxygen atoms in total. The molecule has 5 atom stereocenters. The van der Waals surface area contributed by atoms with Gasteiger partial charge in [-0.2, -0.15) is 0 Å². The number of phenolic OH excluding ortho intramolecular Hbond substituents is 1. The van der Waals surface area contributed by atoms with Gasteiger partial charge in [0.05, 0.1) is 17.1 Å². The summed E-state index contributed by atoms with van der Waals surface area (Å²) in [6.07, 6.45) is 6.55. The number of amides is 1. The zero-order valence-electron chi connectivity index (χ0n) is 23.1. The van der Waals surface area contributed by atoms with Crippen LogP contribution >= 0.6 is 0 Å². The Hall–Kier alpha value is -3.36. The molecule has 1 spiro atoms. The second-order valence-corrected chi connectivity index (χ2v) is 12.9. The number of hydrogen-bond donors (Lipinski definition) is 3. The predicted octanol–water partition coefficient (Wildman–Crippen LogP) is 3.37. The van der Waals surface area contributed by atoms with Crippen LogP contribution in [0.25, 0.3) is 10.8 Å². The molecule has 5 aliphatic rings. The lowest BCUT2D eigenvalue weighted by molar-refractivity contribution is -0.191. The lowest BCUT2D eigenvalue weighted by Crippen LogP contribution is -2.78. The summed E-state index contributed by atoms with van der Waals surface area (Å²) in [6, 6.07) is 11.4. The maximum Gasteiger partial charge on any atom is 0.270 e. The number of rotatable bonds is 5. The Balaban J connectivity index is 1.13. The van der Waals surface area contributed by atoms with Crippen LogP contribution in [0.4, 0.5) is 5.69 Å². The van der Waals surface area contributed by atoms with Gasteiger partial charge in [-0.25, -0.2) is 0 Å². The lowest BCUT2D eigenvalue weighted by atomic mass is 9.48. The summed E-state index contributed by atoms with van der Waals surface area (Å²) in [7, 11) is 4.00. The van der Waals surface area contributed by atoms with Crippen molar-refractivity contribution in [3.8, 4) is 11.5 Å². The zero-order chi connectivity index (χ0) is 27.4. The number of benzene rings is 2. The fraction of sp³-hybridized carbons (Fsp3) is 0.500. The molecule has 40 heavy (non-hydrogen) atoms. The summed E-state index contributed by atoms with van der Waals surface area (Å²) >= 11 is 0. The highest BCUT2D eigenvalue weighted by Crippen LogP contribution is 2.65. The van der Waals surface area contributed by atoms with Gasteiger partial charge in [0.25, 0.3) is 5.91 Å². The van der Waals surface area contributed by atoms with Crippen LogP contribution in [0.15, 0.2) is 42.6 Å². The number of carbonyl (C=O) groups excluding carboxylic acids is 1. The number of aromatic hydroxyl groups is 1. The maximum atomic E-state index is 13.6. The van der Waals surface area contributed by atoms with Crippen molar-refractivity contribution in [1.29, 1.82) is 0 Å². The first-order valence-corrected chi connectivity index (χ1v) is 14.6. The normalized spacial score (nSPS) is 31.9. The minimum Gasteiger partial charge on any atom is -0.504 e. The monoisotopic (exact) mass is 540 g/mol. The third kappa shape index (κ3) is 3.26. The molecule has 3 aliphatic carbocycles. The van der Waals surface area contributed by atoms with Crippen molar-refractivity contribution in [1.82, 2.24) is 15.2 Å². The first-order valence-electron chi connectivity index (χ1n) is 14.6. The van der Waals surface area contributed by atoms with Gasteiger partial charge in [0, 0.05) is 49.5 Å². The van der Waals surface area contributed by atoms with Crippen molar-refractivity contribution in [3.05, 3.63) is 59.4 Å². The van der Waals surface area contributed by atoms with E-state index in [9.17, 15) is 15.0 Å². The van der Waals surface area contributed by atoms with Gasteiger partial charge in [0.2, 0.25) is 0 Å². The first-order chi connectivity index (χ1) is 19.3. The smallest absolute Gasteiger partial charge is 0.270 e. The van der Waals surface area contributed by atoms with Gasteiger partial charge in [0.15, 0.2) is 11.5 Å². The molecule has 1 saturated heterocycles. The van der Waals surface area contributed by atoms with E-state index >= 15 is 0 Å². The Morgan fingerprint density at radius 2 is 2.00 bits per heavy atom. The van der Waals surface area contributed by atoms with E-state index in [4.69, 9.17) is 4.74 Å². The van der Waals surface area contributed by atoms with Crippen LogP contribution in [-0.4, -0.2) is 77.0 Å². The summed E-state index contributed by atoms with van der Waals surface area (Å²) in [6.45, 7) is 1.93. The number of piperidine rings is 1. The van der Waals surface area contributed by atoms with Crippen LogP contribution in [-0.2, 0) is 11.8 Å². The Morgan fingerprint density at radius 3 is 2.80 bits per heavy atom. The predicted molar refractivity (Wildman–Crippen MR) is 152 cm³/mol. The molecule has 2 bridgehead atoms. The number of carbonyl (C=O) groups is 1.